The molecule has 4 aliphatic heterocycles. The van der Waals surface area contributed by atoms with Gasteiger partial charge in [0.2, 0.25) is 5.79 Å². The van der Waals surface area contributed by atoms with Gasteiger partial charge in [-0.05, 0) is 86.4 Å². The molecule has 4 saturated heterocycles. The molecule has 8 rings (SSSR count). The van der Waals surface area contributed by atoms with Crippen LogP contribution in [0.4, 0.5) is 0 Å². The van der Waals surface area contributed by atoms with Crippen LogP contribution >= 0.6 is 0 Å². The third kappa shape index (κ3) is 5.89. The Bertz CT molecular complexity index is 1400. The summed E-state index contributed by atoms with van der Waals surface area (Å²) in [6.07, 6.45) is -9.70. The molecule has 4 aliphatic carbocycles. The number of esters is 1. The van der Waals surface area contributed by atoms with Gasteiger partial charge in [0.1, 0.15) is 42.7 Å². The molecule has 15 nitrogen and oxygen atoms in total. The summed E-state index contributed by atoms with van der Waals surface area (Å²) in [5, 5.41) is 86.9. The topological polar surface area (TPSA) is 234 Å². The smallest absolute Gasteiger partial charge is 0.309 e. The average molecular weight is 771 g/mol. The Hall–Kier alpha value is -1.05. The molecular weight excluding hydrogens is 708 g/mol. The number of fused-ring (bicyclic) bond motifs is 7. The van der Waals surface area contributed by atoms with Crippen molar-refractivity contribution in [3.05, 3.63) is 0 Å². The first-order valence-electron chi connectivity index (χ1n) is 20.4. The van der Waals surface area contributed by atoms with E-state index in [1.165, 1.54) is 6.92 Å². The van der Waals surface area contributed by atoms with Crippen LogP contribution < -0.4 is 0 Å². The number of carbonyl (C=O) groups is 1. The number of cyclic esters (lactones) is 1. The molecule has 8 N–H and O–H groups in total. The van der Waals surface area contributed by atoms with E-state index in [4.69, 9.17) is 28.4 Å². The molecule has 0 aromatic heterocycles. The predicted molar refractivity (Wildman–Crippen MR) is 184 cm³/mol. The van der Waals surface area contributed by atoms with Crippen LogP contribution in [-0.4, -0.2) is 145 Å². The molecule has 0 spiro atoms. The van der Waals surface area contributed by atoms with E-state index in [9.17, 15) is 45.6 Å². The second-order valence-corrected chi connectivity index (χ2v) is 18.8. The van der Waals surface area contributed by atoms with Crippen LogP contribution in [0.5, 0.6) is 0 Å². The van der Waals surface area contributed by atoms with Crippen molar-refractivity contribution in [2.45, 2.75) is 178 Å². The predicted octanol–water partition coefficient (Wildman–Crippen LogP) is -0.0620. The molecule has 0 aromatic rings. The monoisotopic (exact) mass is 770 g/mol. The van der Waals surface area contributed by atoms with Gasteiger partial charge in [-0.2, -0.15) is 0 Å². The van der Waals surface area contributed by atoms with E-state index in [0.717, 1.165) is 32.1 Å². The highest BCUT2D eigenvalue weighted by Crippen LogP contribution is 2.71. The molecule has 308 valence electrons. The van der Waals surface area contributed by atoms with Gasteiger partial charge in [0.15, 0.2) is 18.7 Å². The van der Waals surface area contributed by atoms with Crippen LogP contribution in [0, 0.1) is 52.3 Å². The van der Waals surface area contributed by atoms with Gasteiger partial charge in [-0.3, -0.25) is 4.79 Å². The molecule has 54 heavy (non-hydrogen) atoms. The lowest BCUT2D eigenvalue weighted by molar-refractivity contribution is -0.371. The van der Waals surface area contributed by atoms with Crippen molar-refractivity contribution in [3.63, 3.8) is 0 Å². The Morgan fingerprint density at radius 2 is 1.48 bits per heavy atom. The van der Waals surface area contributed by atoms with E-state index in [0.29, 0.717) is 31.1 Å². The zero-order chi connectivity index (χ0) is 38.8. The molecule has 1 unspecified atom stereocenters. The molecule has 8 fully saturated rings. The second kappa shape index (κ2) is 14.1. The summed E-state index contributed by atoms with van der Waals surface area (Å²) in [6.45, 7) is 9.36. The summed E-state index contributed by atoms with van der Waals surface area (Å²) < 4.78 is 36.1. The largest absolute Gasteiger partial charge is 0.456 e. The van der Waals surface area contributed by atoms with E-state index in [2.05, 4.69) is 13.8 Å². The molecule has 4 heterocycles. The lowest BCUT2D eigenvalue weighted by atomic mass is 9.44. The second-order valence-electron chi connectivity index (χ2n) is 18.8. The zero-order valence-corrected chi connectivity index (χ0v) is 31.9. The lowest BCUT2D eigenvalue weighted by Crippen LogP contribution is -2.64. The number of aliphatic hydroxyl groups is 8. The minimum absolute atomic E-state index is 0.00614. The van der Waals surface area contributed by atoms with Gasteiger partial charge in [-0.25, -0.2) is 0 Å². The number of rotatable bonds is 6. The van der Waals surface area contributed by atoms with Crippen molar-refractivity contribution in [2.24, 2.45) is 52.3 Å². The highest BCUT2D eigenvalue weighted by molar-refractivity contribution is 5.74. The fourth-order valence-corrected chi connectivity index (χ4v) is 13.2. The van der Waals surface area contributed by atoms with E-state index in [1.807, 2.05) is 6.92 Å². The van der Waals surface area contributed by atoms with Gasteiger partial charge in [0, 0.05) is 18.3 Å². The van der Waals surface area contributed by atoms with Crippen molar-refractivity contribution in [3.8, 4) is 0 Å². The summed E-state index contributed by atoms with van der Waals surface area (Å²) in [5.41, 5.74) is -0.279. The first-order chi connectivity index (χ1) is 25.4. The number of hydrogen-bond acceptors (Lipinski definition) is 15. The maximum atomic E-state index is 12.3. The molecule has 15 heteroatoms. The Balaban J connectivity index is 0.956. The molecule has 8 aliphatic rings. The van der Waals surface area contributed by atoms with Crippen LogP contribution in [0.15, 0.2) is 0 Å². The molecule has 0 aromatic carbocycles. The van der Waals surface area contributed by atoms with E-state index in [-0.39, 0.29) is 52.5 Å². The van der Waals surface area contributed by atoms with E-state index < -0.39 is 92.1 Å². The maximum absolute atomic E-state index is 12.3. The van der Waals surface area contributed by atoms with Crippen molar-refractivity contribution < 1.29 is 74.1 Å². The minimum Gasteiger partial charge on any atom is -0.456 e. The normalized spacial score (nSPS) is 59.9. The fourth-order valence-electron chi connectivity index (χ4n) is 13.2. The highest BCUT2D eigenvalue weighted by atomic mass is 16.8. The standard InChI is InChI=1S/C39H62O15/c1-15-12-23(52-34(15)47)39(48)16(2)24-32(54-39)28(43)25-20-7-6-18-13-19(8-10-37(18,4)21(20)9-11-38(24,25)5)50-36-33(30(45)27(42)22(14-40)51-36)53-35-31(46)29(44)26(41)17(3)49-35/h15-33,35-36,40-46,48H,6-14H2,1-5H3/t15-,16+,17+,18+,19+,20-,21+,22-,23-,24+,25-,26+,27+,28-,29-,30+,31-,32-,33-,35+,36-,37+,38-,39?/m1/s1. The molecule has 0 amide bonds. The van der Waals surface area contributed by atoms with Crippen LogP contribution in [0.1, 0.15) is 86.0 Å². The maximum Gasteiger partial charge on any atom is 0.309 e. The summed E-state index contributed by atoms with van der Waals surface area (Å²) in [5.74, 6) is -1.72. The van der Waals surface area contributed by atoms with Crippen molar-refractivity contribution in [1.29, 1.82) is 0 Å². The quantitative estimate of drug-likeness (QED) is 0.131. The molecule has 0 bridgehead atoms. The Morgan fingerprint density at radius 1 is 0.759 bits per heavy atom. The third-order valence-corrected chi connectivity index (χ3v) is 16.2. The van der Waals surface area contributed by atoms with Crippen LogP contribution in [0.3, 0.4) is 0 Å². The van der Waals surface area contributed by atoms with Crippen molar-refractivity contribution >= 4 is 5.97 Å². The fraction of sp³-hybridized carbons (Fsp3) is 0.974. The van der Waals surface area contributed by atoms with Gasteiger partial charge in [0.05, 0.1) is 36.9 Å². The van der Waals surface area contributed by atoms with Gasteiger partial charge < -0.3 is 69.3 Å². The molecule has 4 saturated carbocycles. The SMILES string of the molecule is C[C@@H]1C[C@H](C2(O)O[C@H]3[C@H](O)[C@H]4[C@@H]5CC[C@H]6C[C@@H](O[C@@H]7O[C@H](CO)[C@H](O)[C@H](O)[C@H]7O[C@@H]7O[C@@H](C)[C@H](O)[C@@H](O)[C@H]7O)CC[C@]6(C)[C@H]5CC[C@]4(C)[C@H]3[C@@H]2C)OC1=O. The van der Waals surface area contributed by atoms with Crippen molar-refractivity contribution in [1.82, 2.24) is 0 Å². The van der Waals surface area contributed by atoms with Gasteiger partial charge >= 0.3 is 5.97 Å². The van der Waals surface area contributed by atoms with Crippen molar-refractivity contribution in [2.75, 3.05) is 6.61 Å². The Labute approximate surface area is 316 Å². The number of aliphatic hydroxyl groups excluding tert-OH is 7. The number of carbonyl (C=O) groups excluding carboxylic acids is 1. The first-order valence-corrected chi connectivity index (χ1v) is 20.4. The Morgan fingerprint density at radius 3 is 2.17 bits per heavy atom. The number of ether oxygens (including phenoxy) is 6. The summed E-state index contributed by atoms with van der Waals surface area (Å²) in [6, 6.07) is 0. The minimum atomic E-state index is -1.64. The summed E-state index contributed by atoms with van der Waals surface area (Å²) in [4.78, 5) is 12.3. The van der Waals surface area contributed by atoms with Gasteiger partial charge in [-0.15, -0.1) is 0 Å². The summed E-state index contributed by atoms with van der Waals surface area (Å²) in [7, 11) is 0. The number of hydrogen-bond donors (Lipinski definition) is 8. The Kier molecular flexibility index (Phi) is 10.3. The molecule has 0 radical (unpaired) electrons. The van der Waals surface area contributed by atoms with Gasteiger partial charge in [-0.1, -0.05) is 27.7 Å². The van der Waals surface area contributed by atoms with Crippen LogP contribution in [0.2, 0.25) is 0 Å². The first kappa shape index (κ1) is 39.8. The lowest BCUT2D eigenvalue weighted by Gasteiger charge is -2.61. The summed E-state index contributed by atoms with van der Waals surface area (Å²) >= 11 is 0. The molecule has 24 atom stereocenters. The third-order valence-electron chi connectivity index (χ3n) is 16.2. The molecular formula is C39H62O15. The highest BCUT2D eigenvalue weighted by Gasteiger charge is 2.73. The zero-order valence-electron chi connectivity index (χ0n) is 31.9. The van der Waals surface area contributed by atoms with Crippen LogP contribution in [0.25, 0.3) is 0 Å². The average Bonchev–Trinajstić information content (AvgIpc) is 3.71. The van der Waals surface area contributed by atoms with Crippen LogP contribution in [-0.2, 0) is 33.2 Å². The van der Waals surface area contributed by atoms with E-state index >= 15 is 0 Å². The van der Waals surface area contributed by atoms with E-state index in [1.54, 1.807) is 6.92 Å². The van der Waals surface area contributed by atoms with Gasteiger partial charge in [0.25, 0.3) is 0 Å².